The van der Waals surface area contributed by atoms with Gasteiger partial charge in [-0.2, -0.15) is 5.26 Å². The number of benzene rings is 2. The van der Waals surface area contributed by atoms with E-state index in [1.165, 1.54) is 0 Å². The van der Waals surface area contributed by atoms with E-state index in [-0.39, 0.29) is 24.9 Å². The van der Waals surface area contributed by atoms with E-state index in [0.717, 1.165) is 59.4 Å². The minimum absolute atomic E-state index is 0.0235. The van der Waals surface area contributed by atoms with Crippen molar-refractivity contribution in [2.45, 2.75) is 39.5 Å². The summed E-state index contributed by atoms with van der Waals surface area (Å²) >= 11 is 0. The average molecular weight is 470 g/mol. The first kappa shape index (κ1) is 24.2. The van der Waals surface area contributed by atoms with Crippen molar-refractivity contribution in [1.82, 2.24) is 9.47 Å². The first-order valence-corrected chi connectivity index (χ1v) is 12.0. The molecule has 0 spiro atoms. The molecule has 0 saturated heterocycles. The summed E-state index contributed by atoms with van der Waals surface area (Å²) in [6.45, 7) is 4.00. The van der Waals surface area contributed by atoms with E-state index >= 15 is 0 Å². The second-order valence-corrected chi connectivity index (χ2v) is 9.17. The predicted molar refractivity (Wildman–Crippen MR) is 138 cm³/mol. The van der Waals surface area contributed by atoms with E-state index in [9.17, 15) is 14.9 Å². The lowest BCUT2D eigenvalue weighted by atomic mass is 9.95. The third-order valence-corrected chi connectivity index (χ3v) is 6.43. The minimum Gasteiger partial charge on any atom is -0.324 e. The fraction of sp³-hybridized carbons (Fsp3) is 0.321. The van der Waals surface area contributed by atoms with E-state index in [1.54, 1.807) is 11.9 Å². The summed E-state index contributed by atoms with van der Waals surface area (Å²) in [7, 11) is 1.73. The van der Waals surface area contributed by atoms with Gasteiger partial charge in [-0.15, -0.1) is 0 Å². The van der Waals surface area contributed by atoms with Crippen LogP contribution in [0.3, 0.4) is 0 Å². The molecule has 4 rings (SSSR count). The van der Waals surface area contributed by atoms with Crippen molar-refractivity contribution in [3.63, 3.8) is 0 Å². The highest BCUT2D eigenvalue weighted by Crippen LogP contribution is 2.35. The Morgan fingerprint density at radius 3 is 2.23 bits per heavy atom. The second-order valence-electron chi connectivity index (χ2n) is 9.17. The van der Waals surface area contributed by atoms with Gasteiger partial charge in [0.05, 0.1) is 18.7 Å². The van der Waals surface area contributed by atoms with Gasteiger partial charge in [-0.25, -0.2) is 0 Å². The molecule has 7 heteroatoms. The number of hydrogen-bond acceptors (Lipinski definition) is 4. The Bertz CT molecular complexity index is 1270. The van der Waals surface area contributed by atoms with Crippen LogP contribution in [-0.2, 0) is 22.4 Å². The predicted octanol–water partition coefficient (Wildman–Crippen LogP) is 4.35. The van der Waals surface area contributed by atoms with E-state index in [0.29, 0.717) is 11.4 Å². The molecule has 7 nitrogen and oxygen atoms in total. The molecule has 35 heavy (non-hydrogen) atoms. The molecule has 0 bridgehead atoms. The van der Waals surface area contributed by atoms with E-state index in [4.69, 9.17) is 0 Å². The van der Waals surface area contributed by atoms with E-state index in [2.05, 4.69) is 16.7 Å². The van der Waals surface area contributed by atoms with Crippen molar-refractivity contribution < 1.29 is 9.59 Å². The Hall–Kier alpha value is -3.89. The molecule has 1 aliphatic carbocycles. The van der Waals surface area contributed by atoms with Crippen molar-refractivity contribution in [3.8, 4) is 11.8 Å². The lowest BCUT2D eigenvalue weighted by molar-refractivity contribution is -0.119. The topological polar surface area (TPSA) is 90.2 Å². The third kappa shape index (κ3) is 5.28. The molecule has 1 aromatic heterocycles. The van der Waals surface area contributed by atoms with Crippen LogP contribution >= 0.6 is 0 Å². The van der Waals surface area contributed by atoms with Crippen molar-refractivity contribution in [2.75, 3.05) is 30.8 Å². The number of nitrogens with one attached hydrogen (secondary N) is 2. The number of nitrogens with zero attached hydrogens (tertiary/aromatic N) is 3. The van der Waals surface area contributed by atoms with Crippen LogP contribution in [0.1, 0.15) is 40.8 Å². The number of fused-ring (bicyclic) bond motifs is 1. The SMILES string of the molecule is Cc1cccc(C)c1NC(=O)CN(C)CC(=O)Nc1c(C#N)c2c(n1-c1ccccc1)CCCC2. The summed E-state index contributed by atoms with van der Waals surface area (Å²) in [6, 6.07) is 18.0. The summed E-state index contributed by atoms with van der Waals surface area (Å²) in [4.78, 5) is 27.3. The van der Waals surface area contributed by atoms with Gasteiger partial charge in [0.25, 0.3) is 0 Å². The molecule has 0 atom stereocenters. The van der Waals surface area contributed by atoms with Gasteiger partial charge < -0.3 is 10.6 Å². The molecule has 0 fully saturated rings. The highest BCUT2D eigenvalue weighted by molar-refractivity contribution is 5.96. The van der Waals surface area contributed by atoms with Crippen molar-refractivity contribution >= 4 is 23.3 Å². The van der Waals surface area contributed by atoms with Crippen LogP contribution in [0.25, 0.3) is 5.69 Å². The molecular weight excluding hydrogens is 438 g/mol. The Morgan fingerprint density at radius 2 is 1.57 bits per heavy atom. The summed E-state index contributed by atoms with van der Waals surface area (Å²) in [5, 5.41) is 15.9. The highest BCUT2D eigenvalue weighted by atomic mass is 16.2. The maximum atomic E-state index is 13.0. The number of carbonyl (C=O) groups excluding carboxylic acids is 2. The smallest absolute Gasteiger partial charge is 0.239 e. The third-order valence-electron chi connectivity index (χ3n) is 6.43. The normalized spacial score (nSPS) is 12.7. The zero-order chi connectivity index (χ0) is 24.9. The van der Waals surface area contributed by atoms with Crippen LogP contribution in [0.5, 0.6) is 0 Å². The van der Waals surface area contributed by atoms with Gasteiger partial charge >= 0.3 is 0 Å². The molecule has 2 N–H and O–H groups in total. The average Bonchev–Trinajstić information content (AvgIpc) is 3.14. The number of anilines is 2. The van der Waals surface area contributed by atoms with Crippen LogP contribution in [-0.4, -0.2) is 41.4 Å². The zero-order valence-corrected chi connectivity index (χ0v) is 20.5. The fourth-order valence-electron chi connectivity index (χ4n) is 4.80. The van der Waals surface area contributed by atoms with Crippen LogP contribution in [0, 0.1) is 25.2 Å². The maximum Gasteiger partial charge on any atom is 0.239 e. The second kappa shape index (κ2) is 10.6. The number of nitriles is 1. The molecular formula is C28H31N5O2. The summed E-state index contributed by atoms with van der Waals surface area (Å²) in [5.74, 6) is 0.0680. The molecule has 0 aliphatic heterocycles. The highest BCUT2D eigenvalue weighted by Gasteiger charge is 2.27. The molecule has 3 aromatic rings. The molecule has 180 valence electrons. The van der Waals surface area contributed by atoms with Crippen LogP contribution in [0.2, 0.25) is 0 Å². The molecule has 0 unspecified atom stereocenters. The number of amides is 2. The van der Waals surface area contributed by atoms with Gasteiger partial charge in [0, 0.05) is 17.1 Å². The summed E-state index contributed by atoms with van der Waals surface area (Å²) in [5.41, 5.74) is 6.37. The molecule has 1 heterocycles. The monoisotopic (exact) mass is 469 g/mol. The Morgan fingerprint density at radius 1 is 0.943 bits per heavy atom. The number of rotatable bonds is 7. The van der Waals surface area contributed by atoms with Gasteiger partial charge in [-0.05, 0) is 75.4 Å². The molecule has 0 saturated carbocycles. The fourth-order valence-corrected chi connectivity index (χ4v) is 4.80. The lowest BCUT2D eigenvalue weighted by Crippen LogP contribution is -2.36. The van der Waals surface area contributed by atoms with Gasteiger partial charge in [0.1, 0.15) is 11.9 Å². The Balaban J connectivity index is 1.49. The maximum absolute atomic E-state index is 13.0. The number of aromatic nitrogens is 1. The first-order valence-electron chi connectivity index (χ1n) is 12.0. The molecule has 0 radical (unpaired) electrons. The largest absolute Gasteiger partial charge is 0.324 e. The zero-order valence-electron chi connectivity index (χ0n) is 20.5. The van der Waals surface area contributed by atoms with Gasteiger partial charge in [0.15, 0.2) is 0 Å². The number of carbonyl (C=O) groups is 2. The Labute approximate surface area is 206 Å². The summed E-state index contributed by atoms with van der Waals surface area (Å²) in [6.07, 6.45) is 3.79. The van der Waals surface area contributed by atoms with Gasteiger partial charge in [-0.3, -0.25) is 19.1 Å². The van der Waals surface area contributed by atoms with E-state index < -0.39 is 0 Å². The van der Waals surface area contributed by atoms with Crippen molar-refractivity contribution in [2.24, 2.45) is 0 Å². The Kier molecular flexibility index (Phi) is 7.33. The number of aryl methyl sites for hydroxylation is 2. The quantitative estimate of drug-likeness (QED) is 0.538. The summed E-state index contributed by atoms with van der Waals surface area (Å²) < 4.78 is 2.01. The molecule has 2 amide bonds. The number of para-hydroxylation sites is 2. The number of likely N-dealkylation sites (N-methyl/N-ethyl adjacent to an activating group) is 1. The van der Waals surface area contributed by atoms with Gasteiger partial charge in [-0.1, -0.05) is 36.4 Å². The minimum atomic E-state index is -0.268. The van der Waals surface area contributed by atoms with Crippen molar-refractivity contribution in [1.29, 1.82) is 5.26 Å². The molecule has 2 aromatic carbocycles. The first-order chi connectivity index (χ1) is 16.9. The van der Waals surface area contributed by atoms with E-state index in [1.807, 2.05) is 66.9 Å². The standard InChI is InChI=1S/C28H31N5O2/c1-19-10-9-11-20(2)27(19)30-25(34)17-32(3)18-26(35)31-28-23(16-29)22-14-7-8-15-24(22)33(28)21-12-5-4-6-13-21/h4-6,9-13H,7-8,14-15,17-18H2,1-3H3,(H,30,34)(H,31,35). The van der Waals surface area contributed by atoms with Crippen LogP contribution < -0.4 is 10.6 Å². The van der Waals surface area contributed by atoms with Crippen LogP contribution in [0.4, 0.5) is 11.5 Å². The van der Waals surface area contributed by atoms with Gasteiger partial charge in [0.2, 0.25) is 11.8 Å². The molecule has 1 aliphatic rings. The number of hydrogen-bond donors (Lipinski definition) is 2. The lowest BCUT2D eigenvalue weighted by Gasteiger charge is -2.19. The van der Waals surface area contributed by atoms with Crippen molar-refractivity contribution in [3.05, 3.63) is 76.5 Å². The van der Waals surface area contributed by atoms with Crippen LogP contribution in [0.15, 0.2) is 48.5 Å².